The summed E-state index contributed by atoms with van der Waals surface area (Å²) in [4.78, 5) is 28.8. The van der Waals surface area contributed by atoms with Crippen molar-refractivity contribution in [1.82, 2.24) is 10.2 Å². The van der Waals surface area contributed by atoms with Gasteiger partial charge in [-0.05, 0) is 49.1 Å². The second-order valence-electron chi connectivity index (χ2n) is 9.14. The summed E-state index contributed by atoms with van der Waals surface area (Å²) < 4.78 is 13.4. The number of nitrogens with one attached hydrogen (secondary N) is 1. The Kier molecular flexibility index (Phi) is 6.40. The summed E-state index contributed by atoms with van der Waals surface area (Å²) in [5.41, 5.74) is 1.35. The van der Waals surface area contributed by atoms with Crippen LogP contribution in [0.5, 0.6) is 0 Å². The van der Waals surface area contributed by atoms with Crippen LogP contribution in [-0.2, 0) is 17.8 Å². The van der Waals surface area contributed by atoms with Gasteiger partial charge in [-0.25, -0.2) is 4.39 Å². The zero-order valence-electron chi connectivity index (χ0n) is 18.2. The normalized spacial score (nSPS) is 22.4. The minimum atomic E-state index is -0.998. The second kappa shape index (κ2) is 9.21. The molecule has 2 aromatic rings. The van der Waals surface area contributed by atoms with Crippen LogP contribution in [0, 0.1) is 5.82 Å². The zero-order valence-corrected chi connectivity index (χ0v) is 18.2. The van der Waals surface area contributed by atoms with Gasteiger partial charge in [0.25, 0.3) is 5.91 Å². The average molecular weight is 423 g/mol. The number of benzene rings is 2. The molecule has 164 valence electrons. The average Bonchev–Trinajstić information content (AvgIpc) is 2.74. The van der Waals surface area contributed by atoms with E-state index < -0.39 is 5.54 Å². The van der Waals surface area contributed by atoms with Gasteiger partial charge in [0.15, 0.2) is 0 Å². The van der Waals surface area contributed by atoms with Crippen LogP contribution >= 0.6 is 0 Å². The standard InChI is InChI=1S/C26H31FN2O2/c1-26(25(31)28-22-10-5-3-2-4-6-11-22)17-20-9-7-8-12-23(20)24(30)29(26)18-19-13-15-21(27)16-14-19/h7-9,12-16,22H,2-6,10-11,17-18H2,1H3,(H,28,31)/t26-/m1/s1. The Balaban J connectivity index is 1.62. The van der Waals surface area contributed by atoms with E-state index >= 15 is 0 Å². The predicted octanol–water partition coefficient (Wildman–Crippen LogP) is 5.01. The lowest BCUT2D eigenvalue weighted by Gasteiger charge is -2.44. The molecular formula is C26H31FN2O2. The molecular weight excluding hydrogens is 391 g/mol. The quantitative estimate of drug-likeness (QED) is 0.753. The summed E-state index contributed by atoms with van der Waals surface area (Å²) in [7, 11) is 0. The topological polar surface area (TPSA) is 49.4 Å². The smallest absolute Gasteiger partial charge is 0.255 e. The maximum absolute atomic E-state index is 13.6. The van der Waals surface area contributed by atoms with E-state index in [0.29, 0.717) is 12.0 Å². The second-order valence-corrected chi connectivity index (χ2v) is 9.14. The molecule has 1 aliphatic carbocycles. The number of hydrogen-bond donors (Lipinski definition) is 1. The maximum Gasteiger partial charge on any atom is 0.255 e. The molecule has 0 spiro atoms. The molecule has 1 fully saturated rings. The third kappa shape index (κ3) is 4.65. The monoisotopic (exact) mass is 422 g/mol. The number of carbonyl (C=O) groups excluding carboxylic acids is 2. The summed E-state index contributed by atoms with van der Waals surface area (Å²) >= 11 is 0. The SMILES string of the molecule is C[C@]1(C(=O)NC2CCCCCCC2)Cc2ccccc2C(=O)N1Cc1ccc(F)cc1. The van der Waals surface area contributed by atoms with E-state index in [1.165, 1.54) is 31.4 Å². The molecule has 2 amide bonds. The molecule has 1 aliphatic heterocycles. The largest absolute Gasteiger partial charge is 0.351 e. The molecule has 2 aliphatic rings. The fraction of sp³-hybridized carbons (Fsp3) is 0.462. The van der Waals surface area contributed by atoms with E-state index in [1.54, 1.807) is 17.0 Å². The number of fused-ring (bicyclic) bond motifs is 1. The minimum absolute atomic E-state index is 0.0944. The van der Waals surface area contributed by atoms with Crippen molar-refractivity contribution in [1.29, 1.82) is 0 Å². The molecule has 4 rings (SSSR count). The molecule has 1 saturated carbocycles. The highest BCUT2D eigenvalue weighted by Gasteiger charge is 2.47. The molecule has 31 heavy (non-hydrogen) atoms. The predicted molar refractivity (Wildman–Crippen MR) is 119 cm³/mol. The lowest BCUT2D eigenvalue weighted by molar-refractivity contribution is -0.132. The Morgan fingerprint density at radius 3 is 2.39 bits per heavy atom. The van der Waals surface area contributed by atoms with Crippen LogP contribution in [0.25, 0.3) is 0 Å². The Morgan fingerprint density at radius 1 is 1.03 bits per heavy atom. The molecule has 0 aromatic heterocycles. The zero-order chi connectivity index (χ0) is 21.8. The molecule has 1 heterocycles. The van der Waals surface area contributed by atoms with Crippen molar-refractivity contribution in [2.75, 3.05) is 0 Å². The van der Waals surface area contributed by atoms with E-state index in [0.717, 1.165) is 36.8 Å². The van der Waals surface area contributed by atoms with Crippen LogP contribution in [0.3, 0.4) is 0 Å². The van der Waals surface area contributed by atoms with Crippen molar-refractivity contribution in [3.63, 3.8) is 0 Å². The highest BCUT2D eigenvalue weighted by atomic mass is 19.1. The highest BCUT2D eigenvalue weighted by Crippen LogP contribution is 2.33. The van der Waals surface area contributed by atoms with Gasteiger partial charge in [-0.2, -0.15) is 0 Å². The molecule has 1 atom stereocenters. The molecule has 4 nitrogen and oxygen atoms in total. The van der Waals surface area contributed by atoms with Gasteiger partial charge in [0, 0.05) is 24.6 Å². The first-order chi connectivity index (χ1) is 15.0. The summed E-state index contributed by atoms with van der Waals surface area (Å²) in [6, 6.07) is 13.8. The van der Waals surface area contributed by atoms with Crippen LogP contribution in [0.4, 0.5) is 4.39 Å². The van der Waals surface area contributed by atoms with E-state index in [9.17, 15) is 14.0 Å². The Bertz CT molecular complexity index is 935. The first kappa shape index (κ1) is 21.5. The van der Waals surface area contributed by atoms with E-state index in [4.69, 9.17) is 0 Å². The first-order valence-electron chi connectivity index (χ1n) is 11.4. The van der Waals surface area contributed by atoms with Crippen LogP contribution in [0.1, 0.15) is 73.4 Å². The number of carbonyl (C=O) groups is 2. The summed E-state index contributed by atoms with van der Waals surface area (Å²) in [6.07, 6.45) is 8.40. The van der Waals surface area contributed by atoms with Crippen molar-refractivity contribution < 1.29 is 14.0 Å². The fourth-order valence-corrected chi connectivity index (χ4v) is 4.88. The van der Waals surface area contributed by atoms with Gasteiger partial charge in [-0.15, -0.1) is 0 Å². The summed E-state index contributed by atoms with van der Waals surface area (Å²) in [6.45, 7) is 2.13. The van der Waals surface area contributed by atoms with Crippen molar-refractivity contribution >= 4 is 11.8 Å². The molecule has 1 N–H and O–H groups in total. The third-order valence-electron chi connectivity index (χ3n) is 6.81. The van der Waals surface area contributed by atoms with Gasteiger partial charge >= 0.3 is 0 Å². The molecule has 0 bridgehead atoms. The minimum Gasteiger partial charge on any atom is -0.351 e. The van der Waals surface area contributed by atoms with Crippen molar-refractivity contribution in [2.45, 2.75) is 76.4 Å². The summed E-state index contributed by atoms with van der Waals surface area (Å²) in [5.74, 6) is -0.562. The molecule has 0 unspecified atom stereocenters. The van der Waals surface area contributed by atoms with Gasteiger partial charge in [-0.3, -0.25) is 9.59 Å². The Morgan fingerprint density at radius 2 is 1.68 bits per heavy atom. The number of rotatable bonds is 4. The van der Waals surface area contributed by atoms with Gasteiger partial charge in [0.2, 0.25) is 5.91 Å². The number of halogens is 1. The van der Waals surface area contributed by atoms with Gasteiger partial charge in [0.05, 0.1) is 0 Å². The van der Waals surface area contributed by atoms with Crippen LogP contribution in [0.2, 0.25) is 0 Å². The Hall–Kier alpha value is -2.69. The third-order valence-corrected chi connectivity index (χ3v) is 6.81. The Labute approximate surface area is 183 Å². The van der Waals surface area contributed by atoms with Gasteiger partial charge < -0.3 is 10.2 Å². The lowest BCUT2D eigenvalue weighted by atomic mass is 9.82. The van der Waals surface area contributed by atoms with Gasteiger partial charge in [0.1, 0.15) is 11.4 Å². The van der Waals surface area contributed by atoms with Crippen molar-refractivity contribution in [3.05, 3.63) is 71.0 Å². The van der Waals surface area contributed by atoms with E-state index in [2.05, 4.69) is 5.32 Å². The fourth-order valence-electron chi connectivity index (χ4n) is 4.88. The van der Waals surface area contributed by atoms with Crippen LogP contribution in [0.15, 0.2) is 48.5 Å². The van der Waals surface area contributed by atoms with Crippen LogP contribution < -0.4 is 5.32 Å². The lowest BCUT2D eigenvalue weighted by Crippen LogP contribution is -2.63. The van der Waals surface area contributed by atoms with Crippen LogP contribution in [-0.4, -0.2) is 28.3 Å². The summed E-state index contributed by atoms with van der Waals surface area (Å²) in [5, 5.41) is 3.28. The highest BCUT2D eigenvalue weighted by molar-refractivity contribution is 6.02. The molecule has 5 heteroatoms. The molecule has 2 aromatic carbocycles. The number of hydrogen-bond acceptors (Lipinski definition) is 2. The number of nitrogens with zero attached hydrogens (tertiary/aromatic N) is 1. The first-order valence-corrected chi connectivity index (χ1v) is 11.4. The van der Waals surface area contributed by atoms with Crippen molar-refractivity contribution in [2.24, 2.45) is 0 Å². The molecule has 0 radical (unpaired) electrons. The van der Waals surface area contributed by atoms with E-state index in [1.807, 2.05) is 31.2 Å². The van der Waals surface area contributed by atoms with Crippen molar-refractivity contribution in [3.8, 4) is 0 Å². The number of amides is 2. The van der Waals surface area contributed by atoms with E-state index in [-0.39, 0.29) is 30.2 Å². The maximum atomic E-state index is 13.6. The molecule has 0 saturated heterocycles. The van der Waals surface area contributed by atoms with Gasteiger partial charge in [-0.1, -0.05) is 62.4 Å².